The molecule has 2 atom stereocenters. The molecule has 9 rings (SSSR count). The van der Waals surface area contributed by atoms with E-state index in [-0.39, 0.29) is 22.4 Å². The van der Waals surface area contributed by atoms with Gasteiger partial charge >= 0.3 is 0 Å². The molecule has 6 nitrogen and oxygen atoms in total. The number of fused-ring (bicyclic) bond motifs is 8. The quantitative estimate of drug-likeness (QED) is 0.187. The minimum absolute atomic E-state index is 0.141. The van der Waals surface area contributed by atoms with Gasteiger partial charge in [0.25, 0.3) is 0 Å². The number of hydrogen-bond acceptors (Lipinski definition) is 6. The zero-order valence-electron chi connectivity index (χ0n) is 23.8. The van der Waals surface area contributed by atoms with E-state index in [2.05, 4.69) is 0 Å². The lowest BCUT2D eigenvalue weighted by Gasteiger charge is -2.29. The largest absolute Gasteiger partial charge is 0.473 e. The molecule has 0 radical (unpaired) electrons. The third kappa shape index (κ3) is 4.04. The van der Waals surface area contributed by atoms with E-state index in [0.717, 1.165) is 33.4 Å². The summed E-state index contributed by atoms with van der Waals surface area (Å²) in [6.45, 7) is 0. The zero-order valence-corrected chi connectivity index (χ0v) is 25.3. The van der Waals surface area contributed by atoms with Crippen molar-refractivity contribution in [1.29, 1.82) is 0 Å². The molecule has 5 aromatic carbocycles. The maximum Gasteiger partial charge on any atom is 0.235 e. The Morgan fingerprint density at radius 1 is 0.500 bits per heavy atom. The molecule has 2 unspecified atom stereocenters. The predicted octanol–water partition coefficient (Wildman–Crippen LogP) is 9.50. The molecule has 0 amide bonds. The summed E-state index contributed by atoms with van der Waals surface area (Å²) in [6, 6.07) is 33.2. The summed E-state index contributed by atoms with van der Waals surface area (Å²) in [6.07, 6.45) is -1.14. The second kappa shape index (κ2) is 10.1. The maximum absolute atomic E-state index is 13.6. The van der Waals surface area contributed by atoms with Crippen LogP contribution in [0.15, 0.2) is 128 Å². The van der Waals surface area contributed by atoms with Gasteiger partial charge in [-0.05, 0) is 47.5 Å². The van der Waals surface area contributed by atoms with E-state index in [1.807, 2.05) is 72.8 Å². The third-order valence-corrected chi connectivity index (χ3v) is 9.08. The van der Waals surface area contributed by atoms with E-state index in [1.165, 1.54) is 0 Å². The number of ether oxygens (including phenoxy) is 2. The molecule has 0 bridgehead atoms. The van der Waals surface area contributed by atoms with Crippen LogP contribution in [0.2, 0.25) is 10.0 Å². The molecule has 2 aliphatic heterocycles. The highest BCUT2D eigenvalue weighted by Crippen LogP contribution is 2.47. The second-order valence-corrected chi connectivity index (χ2v) is 12.2. The number of halogens is 2. The lowest BCUT2D eigenvalue weighted by atomic mass is 9.89. The summed E-state index contributed by atoms with van der Waals surface area (Å²) in [7, 11) is 0. The van der Waals surface area contributed by atoms with Crippen LogP contribution < -0.4 is 20.3 Å². The molecule has 4 heterocycles. The predicted molar refractivity (Wildman–Crippen MR) is 177 cm³/mol. The Hall–Kier alpha value is -5.30. The molecule has 0 saturated carbocycles. The fourth-order valence-corrected chi connectivity index (χ4v) is 6.78. The van der Waals surface area contributed by atoms with Gasteiger partial charge in [0.2, 0.25) is 22.4 Å². The average Bonchev–Trinajstić information content (AvgIpc) is 3.09. The van der Waals surface area contributed by atoms with Crippen molar-refractivity contribution in [2.45, 2.75) is 12.2 Å². The molecule has 0 saturated heterocycles. The lowest BCUT2D eigenvalue weighted by Crippen LogP contribution is -2.22. The molecule has 0 aliphatic carbocycles. The van der Waals surface area contributed by atoms with Gasteiger partial charge in [0, 0.05) is 32.3 Å². The summed E-state index contributed by atoms with van der Waals surface area (Å²) < 4.78 is 25.3. The molecule has 46 heavy (non-hydrogen) atoms. The highest BCUT2D eigenvalue weighted by atomic mass is 35.5. The first-order valence-corrected chi connectivity index (χ1v) is 15.3. The highest BCUT2D eigenvalue weighted by Gasteiger charge is 2.34. The van der Waals surface area contributed by atoms with Crippen LogP contribution in [-0.2, 0) is 0 Å². The summed E-state index contributed by atoms with van der Waals surface area (Å²) in [5, 5.41) is 1.58. The minimum atomic E-state index is -0.569. The first-order chi connectivity index (χ1) is 22.4. The topological polar surface area (TPSA) is 78.9 Å². The van der Waals surface area contributed by atoms with E-state index >= 15 is 0 Å². The SMILES string of the molecule is O=c1c2c(oc3ccc(Cl)cc13)-c1ccccc1C(c1ccc(C3Oc4c(oc5ccc(Cl)cc5c4=O)-c4ccccc43)cc1)O2. The van der Waals surface area contributed by atoms with Crippen LogP contribution in [0.5, 0.6) is 11.5 Å². The van der Waals surface area contributed by atoms with Crippen LogP contribution >= 0.6 is 23.2 Å². The van der Waals surface area contributed by atoms with Crippen molar-refractivity contribution in [3.05, 3.63) is 162 Å². The molecule has 0 N–H and O–H groups in total. The molecule has 2 aliphatic rings. The van der Waals surface area contributed by atoms with E-state index in [1.54, 1.807) is 36.4 Å². The van der Waals surface area contributed by atoms with E-state index in [9.17, 15) is 9.59 Å². The fraction of sp³-hybridized carbons (Fsp3) is 0.0526. The van der Waals surface area contributed by atoms with Crippen molar-refractivity contribution in [2.24, 2.45) is 0 Å². The fourth-order valence-electron chi connectivity index (χ4n) is 6.44. The minimum Gasteiger partial charge on any atom is -0.473 e. The Balaban J connectivity index is 1.13. The zero-order chi connectivity index (χ0) is 31.1. The smallest absolute Gasteiger partial charge is 0.235 e. The first kappa shape index (κ1) is 27.0. The molecule has 0 fully saturated rings. The normalized spacial score (nSPS) is 16.1. The van der Waals surface area contributed by atoms with Crippen molar-refractivity contribution in [1.82, 2.24) is 0 Å². The first-order valence-electron chi connectivity index (χ1n) is 14.6. The number of benzene rings is 5. The summed E-state index contributed by atoms with van der Waals surface area (Å²) in [4.78, 5) is 27.2. The van der Waals surface area contributed by atoms with Crippen LogP contribution in [0.1, 0.15) is 34.5 Å². The Morgan fingerprint density at radius 3 is 1.35 bits per heavy atom. The van der Waals surface area contributed by atoms with Crippen molar-refractivity contribution < 1.29 is 18.3 Å². The average molecular weight is 643 g/mol. The van der Waals surface area contributed by atoms with E-state index in [4.69, 9.17) is 41.5 Å². The number of rotatable bonds is 2. The highest BCUT2D eigenvalue weighted by molar-refractivity contribution is 6.31. The Kier molecular flexibility index (Phi) is 5.94. The van der Waals surface area contributed by atoms with Gasteiger partial charge in [0.05, 0.1) is 10.8 Å². The molecular weight excluding hydrogens is 623 g/mol. The molecule has 222 valence electrons. The monoisotopic (exact) mass is 642 g/mol. The van der Waals surface area contributed by atoms with Crippen LogP contribution in [0.4, 0.5) is 0 Å². The summed E-state index contributed by atoms with van der Waals surface area (Å²) in [5.74, 6) is 1.06. The van der Waals surface area contributed by atoms with Crippen LogP contribution in [0.3, 0.4) is 0 Å². The van der Waals surface area contributed by atoms with Gasteiger partial charge in [-0.2, -0.15) is 0 Å². The Labute approximate surface area is 271 Å². The van der Waals surface area contributed by atoms with E-state index < -0.39 is 12.2 Å². The Morgan fingerprint density at radius 2 is 0.913 bits per heavy atom. The van der Waals surface area contributed by atoms with Crippen LogP contribution in [0.25, 0.3) is 44.6 Å². The molecule has 7 aromatic rings. The maximum atomic E-state index is 13.6. The number of hydrogen-bond donors (Lipinski definition) is 0. The second-order valence-electron chi connectivity index (χ2n) is 11.3. The van der Waals surface area contributed by atoms with Crippen LogP contribution in [-0.4, -0.2) is 0 Å². The standard InChI is InChI=1S/C38H20Cl2O6/c39-21-13-15-29-27(17-21)31(41)37-35(43-29)25-7-3-1-5-23(25)33(45-37)19-9-11-20(12-10-19)34-24-6-2-4-8-26(24)36-38(46-34)32(42)28-18-22(40)14-16-30(28)44-36/h1-18,33-34H. The van der Waals surface area contributed by atoms with Crippen molar-refractivity contribution in [3.8, 4) is 34.1 Å². The molecule has 2 aromatic heterocycles. The van der Waals surface area contributed by atoms with Crippen molar-refractivity contribution >= 4 is 45.1 Å². The third-order valence-electron chi connectivity index (χ3n) is 8.61. The van der Waals surface area contributed by atoms with Gasteiger partial charge in [0.15, 0.2) is 11.5 Å². The summed E-state index contributed by atoms with van der Waals surface area (Å²) in [5.41, 5.74) is 5.28. The van der Waals surface area contributed by atoms with Crippen molar-refractivity contribution in [3.63, 3.8) is 0 Å². The lowest BCUT2D eigenvalue weighted by molar-refractivity contribution is 0.231. The van der Waals surface area contributed by atoms with Gasteiger partial charge in [-0.25, -0.2) is 0 Å². The van der Waals surface area contributed by atoms with Crippen molar-refractivity contribution in [2.75, 3.05) is 0 Å². The Bertz CT molecular complexity index is 2340. The van der Waals surface area contributed by atoms with Gasteiger partial charge in [-0.15, -0.1) is 0 Å². The molecular formula is C38H20Cl2O6. The van der Waals surface area contributed by atoms with Gasteiger partial charge in [-0.3, -0.25) is 9.59 Å². The molecule has 0 spiro atoms. The van der Waals surface area contributed by atoms with Crippen LogP contribution in [0, 0.1) is 0 Å². The molecule has 8 heteroatoms. The van der Waals surface area contributed by atoms with Gasteiger partial charge < -0.3 is 18.3 Å². The summed E-state index contributed by atoms with van der Waals surface area (Å²) >= 11 is 12.4. The van der Waals surface area contributed by atoms with Gasteiger partial charge in [-0.1, -0.05) is 96.0 Å². The van der Waals surface area contributed by atoms with E-state index in [0.29, 0.717) is 43.5 Å². The van der Waals surface area contributed by atoms with Gasteiger partial charge in [0.1, 0.15) is 23.4 Å².